The molecule has 0 aliphatic carbocycles. The number of carboxylic acids is 1. The van der Waals surface area contributed by atoms with Crippen molar-refractivity contribution >= 4 is 21.7 Å². The highest BCUT2D eigenvalue weighted by Crippen LogP contribution is 2.41. The first-order valence-corrected chi connectivity index (χ1v) is 10.1. The molecule has 0 spiro atoms. The molecular weight excluding hydrogens is 368 g/mol. The largest absolute Gasteiger partial charge is 0.478 e. The van der Waals surface area contributed by atoms with Crippen LogP contribution in [0.1, 0.15) is 29.3 Å². The molecule has 1 fully saturated rings. The van der Waals surface area contributed by atoms with Crippen molar-refractivity contribution in [1.82, 2.24) is 0 Å². The van der Waals surface area contributed by atoms with Gasteiger partial charge in [0.1, 0.15) is 10.6 Å². The maximum atomic E-state index is 12.2. The topological polar surface area (TPSA) is 110 Å². The maximum Gasteiger partial charge on any atom is 0.335 e. The number of ether oxygens (including phenoxy) is 1. The molecule has 0 saturated carbocycles. The van der Waals surface area contributed by atoms with Gasteiger partial charge in [0.05, 0.1) is 11.3 Å². The van der Waals surface area contributed by atoms with Crippen LogP contribution in [0.5, 0.6) is 11.5 Å². The predicted octanol–water partition coefficient (Wildman–Crippen LogP) is 2.98. The van der Waals surface area contributed by atoms with E-state index in [1.54, 1.807) is 18.2 Å². The lowest BCUT2D eigenvalue weighted by atomic mass is 10.1. The molecule has 144 valence electrons. The Kier molecular flexibility index (Phi) is 5.12. The average Bonchev–Trinajstić information content (AvgIpc) is 3.00. The summed E-state index contributed by atoms with van der Waals surface area (Å²) in [4.78, 5) is 13.1. The van der Waals surface area contributed by atoms with Crippen LogP contribution in [0.15, 0.2) is 41.3 Å². The zero-order valence-corrected chi connectivity index (χ0v) is 16.0. The molecule has 2 aromatic rings. The first kappa shape index (κ1) is 19.2. The van der Waals surface area contributed by atoms with Crippen molar-refractivity contribution in [2.75, 3.05) is 18.0 Å². The van der Waals surface area contributed by atoms with Crippen LogP contribution < -0.4 is 14.8 Å². The first-order valence-electron chi connectivity index (χ1n) is 8.59. The van der Waals surface area contributed by atoms with Gasteiger partial charge in [-0.05, 0) is 49.1 Å². The molecule has 1 atom stereocenters. The minimum Gasteiger partial charge on any atom is -0.478 e. The number of nitrogens with two attached hydrogens (primary N) is 1. The number of benzene rings is 2. The third-order valence-corrected chi connectivity index (χ3v) is 5.48. The molecule has 0 amide bonds. The first-order chi connectivity index (χ1) is 12.6. The van der Waals surface area contributed by atoms with E-state index in [4.69, 9.17) is 9.88 Å². The van der Waals surface area contributed by atoms with Gasteiger partial charge in [-0.3, -0.25) is 0 Å². The van der Waals surface area contributed by atoms with E-state index in [0.29, 0.717) is 30.4 Å². The lowest BCUT2D eigenvalue weighted by Gasteiger charge is -2.24. The van der Waals surface area contributed by atoms with Crippen molar-refractivity contribution in [1.29, 1.82) is 0 Å². The summed E-state index contributed by atoms with van der Waals surface area (Å²) in [6.07, 6.45) is 0.923. The van der Waals surface area contributed by atoms with Crippen LogP contribution in [0.25, 0.3) is 0 Å². The molecule has 0 radical (unpaired) electrons. The van der Waals surface area contributed by atoms with Gasteiger partial charge in [-0.15, -0.1) is 0 Å². The zero-order valence-electron chi connectivity index (χ0n) is 15.2. The van der Waals surface area contributed by atoms with E-state index in [1.807, 2.05) is 17.9 Å². The minimum atomic E-state index is -4.20. The number of nitrogens with zero attached hydrogens (tertiary/aromatic N) is 1. The summed E-state index contributed by atoms with van der Waals surface area (Å²) in [5.41, 5.74) is 1.22. The normalized spacial score (nSPS) is 17.1. The zero-order chi connectivity index (χ0) is 19.8. The standard InChI is InChI=1S/C19H22N2O5S/c1-12-4-3-5-15(8-12)26-18-16(21-7-6-13(2)11-21)9-14(19(22)23)10-17(18)27(20,24)25/h3-5,8-10,13H,6-7,11H2,1-2H3,(H,22,23)(H2,20,24,25). The van der Waals surface area contributed by atoms with E-state index in [2.05, 4.69) is 6.92 Å². The van der Waals surface area contributed by atoms with Crippen LogP contribution in [0.2, 0.25) is 0 Å². The second kappa shape index (κ2) is 7.21. The average molecular weight is 390 g/mol. The van der Waals surface area contributed by atoms with Crippen molar-refractivity contribution in [3.05, 3.63) is 47.5 Å². The number of primary sulfonamides is 1. The van der Waals surface area contributed by atoms with Gasteiger partial charge in [0.25, 0.3) is 0 Å². The third-order valence-electron chi connectivity index (χ3n) is 4.56. The Balaban J connectivity index is 2.21. The second-order valence-corrected chi connectivity index (χ2v) is 8.46. The van der Waals surface area contributed by atoms with Gasteiger partial charge in [-0.1, -0.05) is 19.1 Å². The van der Waals surface area contributed by atoms with Crippen molar-refractivity contribution < 1.29 is 23.1 Å². The van der Waals surface area contributed by atoms with Crippen LogP contribution in [0, 0.1) is 12.8 Å². The van der Waals surface area contributed by atoms with Gasteiger partial charge in [0, 0.05) is 13.1 Å². The lowest BCUT2D eigenvalue weighted by Crippen LogP contribution is -2.22. The monoisotopic (exact) mass is 390 g/mol. The van der Waals surface area contributed by atoms with Crippen LogP contribution in [-0.4, -0.2) is 32.6 Å². The summed E-state index contributed by atoms with van der Waals surface area (Å²) in [6.45, 7) is 5.34. The highest BCUT2D eigenvalue weighted by Gasteiger charge is 2.29. The molecule has 1 heterocycles. The van der Waals surface area contributed by atoms with Gasteiger partial charge in [-0.2, -0.15) is 0 Å². The number of carbonyl (C=O) groups is 1. The minimum absolute atomic E-state index is 0.0576. The Morgan fingerprint density at radius 2 is 2.04 bits per heavy atom. The molecule has 3 rings (SSSR count). The molecule has 1 saturated heterocycles. The summed E-state index contributed by atoms with van der Waals surface area (Å²) in [6, 6.07) is 9.66. The van der Waals surface area contributed by atoms with Crippen molar-refractivity contribution in [3.63, 3.8) is 0 Å². The third kappa shape index (κ3) is 4.23. The number of sulfonamides is 1. The summed E-state index contributed by atoms with van der Waals surface area (Å²) in [5.74, 6) is -0.308. The number of anilines is 1. The van der Waals surface area contributed by atoms with E-state index in [-0.39, 0.29) is 16.2 Å². The van der Waals surface area contributed by atoms with E-state index in [9.17, 15) is 18.3 Å². The van der Waals surface area contributed by atoms with Crippen LogP contribution in [0.3, 0.4) is 0 Å². The highest BCUT2D eigenvalue weighted by molar-refractivity contribution is 7.89. The highest BCUT2D eigenvalue weighted by atomic mass is 32.2. The Bertz CT molecular complexity index is 988. The molecule has 1 aliphatic rings. The van der Waals surface area contributed by atoms with E-state index < -0.39 is 16.0 Å². The van der Waals surface area contributed by atoms with Crippen molar-refractivity contribution in [2.45, 2.75) is 25.2 Å². The van der Waals surface area contributed by atoms with Crippen molar-refractivity contribution in [3.8, 4) is 11.5 Å². The number of hydrogen-bond acceptors (Lipinski definition) is 5. The van der Waals surface area contributed by atoms with Gasteiger partial charge >= 0.3 is 5.97 Å². The van der Waals surface area contributed by atoms with Gasteiger partial charge in [0.15, 0.2) is 5.75 Å². The van der Waals surface area contributed by atoms with Crippen LogP contribution in [0.4, 0.5) is 5.69 Å². The Morgan fingerprint density at radius 3 is 2.59 bits per heavy atom. The van der Waals surface area contributed by atoms with Crippen LogP contribution >= 0.6 is 0 Å². The molecule has 0 aromatic heterocycles. The maximum absolute atomic E-state index is 12.2. The molecule has 8 heteroatoms. The molecule has 3 N–H and O–H groups in total. The number of hydrogen-bond donors (Lipinski definition) is 2. The van der Waals surface area contributed by atoms with Gasteiger partial charge in [0.2, 0.25) is 10.0 Å². The molecule has 2 aromatic carbocycles. The Hall–Kier alpha value is -2.58. The SMILES string of the molecule is Cc1cccc(Oc2c(N3CCC(C)C3)cc(C(=O)O)cc2S(N)(=O)=O)c1. The van der Waals surface area contributed by atoms with Gasteiger partial charge in [-0.25, -0.2) is 18.4 Å². The fraction of sp³-hybridized carbons (Fsp3) is 0.316. The smallest absolute Gasteiger partial charge is 0.335 e. The van der Waals surface area contributed by atoms with Crippen LogP contribution in [-0.2, 0) is 10.0 Å². The fourth-order valence-corrected chi connectivity index (χ4v) is 3.91. The molecular formula is C19H22N2O5S. The van der Waals surface area contributed by atoms with E-state index in [0.717, 1.165) is 18.1 Å². The molecule has 0 bridgehead atoms. The molecule has 1 unspecified atom stereocenters. The van der Waals surface area contributed by atoms with Crippen molar-refractivity contribution in [2.24, 2.45) is 11.1 Å². The summed E-state index contributed by atoms with van der Waals surface area (Å²) in [5, 5.41) is 14.8. The Labute approximate surface area is 158 Å². The summed E-state index contributed by atoms with van der Waals surface area (Å²) < 4.78 is 30.3. The lowest BCUT2D eigenvalue weighted by molar-refractivity contribution is 0.0696. The number of carboxylic acid groups (broad SMARTS) is 1. The Morgan fingerprint density at radius 1 is 1.30 bits per heavy atom. The molecule has 1 aliphatic heterocycles. The number of aryl methyl sites for hydroxylation is 1. The van der Waals surface area contributed by atoms with E-state index in [1.165, 1.54) is 6.07 Å². The summed E-state index contributed by atoms with van der Waals surface area (Å²) >= 11 is 0. The summed E-state index contributed by atoms with van der Waals surface area (Å²) in [7, 11) is -4.20. The number of aromatic carboxylic acids is 1. The second-order valence-electron chi connectivity index (χ2n) is 6.93. The van der Waals surface area contributed by atoms with E-state index >= 15 is 0 Å². The fourth-order valence-electron chi connectivity index (χ4n) is 3.21. The molecule has 7 nitrogen and oxygen atoms in total. The van der Waals surface area contributed by atoms with Gasteiger partial charge < -0.3 is 14.7 Å². The number of rotatable bonds is 5. The predicted molar refractivity (Wildman–Crippen MR) is 102 cm³/mol. The quantitative estimate of drug-likeness (QED) is 0.812. The molecule has 27 heavy (non-hydrogen) atoms.